The third-order valence-corrected chi connectivity index (χ3v) is 10.1. The van der Waals surface area contributed by atoms with Crippen LogP contribution in [0.4, 0.5) is 22.7 Å². The van der Waals surface area contributed by atoms with Crippen molar-refractivity contribution in [3.63, 3.8) is 0 Å². The highest BCUT2D eigenvalue weighted by Crippen LogP contribution is 2.48. The van der Waals surface area contributed by atoms with Gasteiger partial charge in [0.2, 0.25) is 0 Å². The number of methoxy groups -OCH3 is 1. The number of nitrogens with one attached hydrogen (secondary N) is 4. The van der Waals surface area contributed by atoms with Gasteiger partial charge >= 0.3 is 0 Å². The van der Waals surface area contributed by atoms with Crippen molar-refractivity contribution in [3.05, 3.63) is 56.1 Å². The summed E-state index contributed by atoms with van der Waals surface area (Å²) in [6.45, 7) is 7.50. The fraction of sp³-hybridized carbons (Fsp3) is 0.276. The first-order valence-electron chi connectivity index (χ1n) is 14.4. The Kier molecular flexibility index (Phi) is 11.0. The van der Waals surface area contributed by atoms with E-state index in [1.165, 1.54) is 31.4 Å². The molecule has 2 heterocycles. The van der Waals surface area contributed by atoms with Gasteiger partial charge in [-0.05, 0) is 54.0 Å². The summed E-state index contributed by atoms with van der Waals surface area (Å²) in [7, 11) is -8.34. The van der Waals surface area contributed by atoms with E-state index in [9.17, 15) is 30.7 Å². The number of fused-ring (bicyclic) bond motifs is 4. The molecule has 0 aromatic heterocycles. The first-order chi connectivity index (χ1) is 23.4. The molecule has 0 bridgehead atoms. The molecule has 0 saturated carbocycles. The Morgan fingerprint density at radius 3 is 1.70 bits per heavy atom. The van der Waals surface area contributed by atoms with Gasteiger partial charge in [0.05, 0.1) is 22.6 Å². The highest BCUT2D eigenvalue weighted by molar-refractivity contribution is 9.12. The van der Waals surface area contributed by atoms with Crippen LogP contribution in [-0.2, 0) is 29.8 Å². The van der Waals surface area contributed by atoms with Crippen molar-refractivity contribution >= 4 is 88.0 Å². The zero-order chi connectivity index (χ0) is 36.7. The molecule has 268 valence electrons. The highest BCUT2D eigenvalue weighted by Gasteiger charge is 2.34. The maximum atomic E-state index is 12.7. The van der Waals surface area contributed by atoms with Crippen LogP contribution in [-0.4, -0.2) is 70.9 Å². The molecule has 3 aromatic carbocycles. The molecule has 0 fully saturated rings. The lowest BCUT2D eigenvalue weighted by Crippen LogP contribution is -2.37. The number of hydrogen-bond acceptors (Lipinski definition) is 13. The van der Waals surface area contributed by atoms with Crippen LogP contribution in [0.3, 0.4) is 0 Å². The van der Waals surface area contributed by atoms with Crippen LogP contribution in [0.1, 0.15) is 13.8 Å². The molecule has 0 radical (unpaired) electrons. The van der Waals surface area contributed by atoms with E-state index in [0.29, 0.717) is 0 Å². The normalized spacial score (nSPS) is 14.2. The number of nitrogens with zero attached hydrogens (tertiary/aromatic N) is 2. The number of halogens is 3. The molecular weight excluding hydrogens is 807 g/mol. The van der Waals surface area contributed by atoms with E-state index >= 15 is 0 Å². The lowest BCUT2D eigenvalue weighted by molar-refractivity contribution is -0.117. The molecule has 50 heavy (non-hydrogen) atoms. The third kappa shape index (κ3) is 7.70. The Labute approximate surface area is 304 Å². The summed E-state index contributed by atoms with van der Waals surface area (Å²) in [6, 6.07) is 4.85. The predicted octanol–water partition coefficient (Wildman–Crippen LogP) is 4.42. The molecule has 1 amide bonds. The molecule has 2 aliphatic rings. The Hall–Kier alpha value is -3.53. The maximum absolute atomic E-state index is 12.7. The Balaban J connectivity index is 1.57. The van der Waals surface area contributed by atoms with Crippen LogP contribution in [0, 0.1) is 0 Å². The van der Waals surface area contributed by atoms with E-state index in [1.54, 1.807) is 6.92 Å². The van der Waals surface area contributed by atoms with Gasteiger partial charge in [-0.3, -0.25) is 19.2 Å². The summed E-state index contributed by atoms with van der Waals surface area (Å²) in [5, 5.41) is 10.8. The van der Waals surface area contributed by atoms with Gasteiger partial charge < -0.3 is 30.2 Å². The van der Waals surface area contributed by atoms with Gasteiger partial charge in [0.15, 0.2) is 32.8 Å². The van der Waals surface area contributed by atoms with Gasteiger partial charge in [-0.1, -0.05) is 29.8 Å². The molecule has 2 unspecified atom stereocenters. The summed E-state index contributed by atoms with van der Waals surface area (Å²) in [5.74, 6) is -1.65. The third-order valence-electron chi connectivity index (χ3n) is 7.21. The first-order valence-corrected chi connectivity index (χ1v) is 18.8. The zero-order valence-electron chi connectivity index (χ0n) is 26.3. The quantitative estimate of drug-likeness (QED) is 0.0550. The van der Waals surface area contributed by atoms with E-state index in [2.05, 4.69) is 53.8 Å². The van der Waals surface area contributed by atoms with Gasteiger partial charge in [-0.25, -0.2) is 9.98 Å². The van der Waals surface area contributed by atoms with E-state index in [-0.39, 0.29) is 96.9 Å². The topological polar surface area (TPSA) is 226 Å². The van der Waals surface area contributed by atoms with Crippen molar-refractivity contribution < 1.29 is 44.9 Å². The number of carbonyl (C=O) groups is 1. The average Bonchev–Trinajstić information content (AvgIpc) is 3.04. The van der Waals surface area contributed by atoms with Crippen LogP contribution >= 0.6 is 39.1 Å². The van der Waals surface area contributed by atoms with Gasteiger partial charge in [0.1, 0.15) is 32.1 Å². The summed E-state index contributed by atoms with van der Waals surface area (Å²) >= 11 is 16.4. The van der Waals surface area contributed by atoms with Gasteiger partial charge in [0.25, 0.3) is 26.1 Å². The largest absolute Gasteiger partial charge is 0.450 e. The van der Waals surface area contributed by atoms with E-state index in [0.717, 1.165) is 0 Å². The van der Waals surface area contributed by atoms with Crippen LogP contribution in [0.15, 0.2) is 55.1 Å². The van der Waals surface area contributed by atoms with E-state index < -0.39 is 42.0 Å². The molecule has 5 rings (SSSR count). The fourth-order valence-corrected chi connectivity index (χ4v) is 7.12. The second-order valence-corrected chi connectivity index (χ2v) is 15.5. The smallest absolute Gasteiger partial charge is 0.300 e. The van der Waals surface area contributed by atoms with Crippen molar-refractivity contribution in [2.75, 3.05) is 37.6 Å². The monoisotopic (exact) mass is 834 g/mol. The average molecular weight is 837 g/mol. The number of anilines is 2. The Morgan fingerprint density at radius 1 is 0.860 bits per heavy atom. The van der Waals surface area contributed by atoms with Gasteiger partial charge in [-0.15, -0.1) is 0 Å². The van der Waals surface area contributed by atoms with Gasteiger partial charge in [-0.2, -0.15) is 16.8 Å². The van der Waals surface area contributed by atoms with Crippen molar-refractivity contribution in [2.24, 2.45) is 9.98 Å². The molecule has 21 heteroatoms. The number of amides is 1. The summed E-state index contributed by atoms with van der Waals surface area (Å²) in [5.41, 5.74) is -0.162. The van der Waals surface area contributed by atoms with Crippen molar-refractivity contribution in [3.8, 4) is 23.0 Å². The lowest BCUT2D eigenvalue weighted by atomic mass is 10.2. The van der Waals surface area contributed by atoms with Crippen molar-refractivity contribution in [1.29, 1.82) is 0 Å². The fourth-order valence-electron chi connectivity index (χ4n) is 4.90. The second kappa shape index (κ2) is 14.6. The lowest BCUT2D eigenvalue weighted by Gasteiger charge is -2.24. The standard InChI is InChI=1S/C29H29BrCl2N6O10S2/c1-12(35-11-46-4)9-33-17-7-5-15-23(27(17)49(40,41)42)47-25-19(31)22-26(20(32)21(25)37-15)48-24-16(38-22)6-8-18(28(24)50(43,44)45)34-10-13(2)36-29(39)14(3)30/h5-8,12-13,33-35H,3,9-11H2,1-2,4H3,(H,36,39)(H,40,41,42)(H,43,44,45). The second-order valence-electron chi connectivity index (χ2n) is 11.0. The minimum atomic E-state index is -4.96. The summed E-state index contributed by atoms with van der Waals surface area (Å²) in [6.07, 6.45) is 0. The molecule has 16 nitrogen and oxygen atoms in total. The molecule has 2 aliphatic heterocycles. The van der Waals surface area contributed by atoms with Crippen LogP contribution < -0.4 is 41.5 Å². The predicted molar refractivity (Wildman–Crippen MR) is 188 cm³/mol. The minimum Gasteiger partial charge on any atom is -0.450 e. The minimum absolute atomic E-state index is 0.0191. The number of ether oxygens (including phenoxy) is 3. The Bertz CT molecular complexity index is 2280. The molecule has 3 aromatic rings. The molecule has 0 aliphatic carbocycles. The molecule has 6 N–H and O–H groups in total. The Morgan fingerprint density at radius 2 is 1.30 bits per heavy atom. The first kappa shape index (κ1) is 37.7. The molecular formula is C29H29BrCl2N6O10S2. The van der Waals surface area contributed by atoms with Crippen LogP contribution in [0.2, 0.25) is 10.0 Å². The SMILES string of the molecule is C=C(Br)C(=O)NC(C)CNc1ccc2c(c1S(=O)(=O)O)Oc1c(Cl)c3c(c(Cl)c1=N2)Oc1c(ccc(NCC(C)NCOC)c1S(=O)(=O)O)N=3. The van der Waals surface area contributed by atoms with Gasteiger partial charge in [0, 0.05) is 32.3 Å². The number of rotatable bonds is 13. The van der Waals surface area contributed by atoms with E-state index in [4.69, 9.17) is 37.4 Å². The number of benzene rings is 3. The molecule has 0 spiro atoms. The number of carbonyl (C=O) groups excluding carboxylic acids is 1. The van der Waals surface area contributed by atoms with Crippen molar-refractivity contribution in [1.82, 2.24) is 10.6 Å². The van der Waals surface area contributed by atoms with E-state index in [1.807, 2.05) is 6.92 Å². The maximum Gasteiger partial charge on any atom is 0.300 e. The molecule has 0 saturated heterocycles. The molecule has 2 atom stereocenters. The summed E-state index contributed by atoms with van der Waals surface area (Å²) < 4.78 is 88.1. The highest BCUT2D eigenvalue weighted by atomic mass is 79.9. The zero-order valence-corrected chi connectivity index (χ0v) is 31.0. The van der Waals surface area contributed by atoms with Crippen LogP contribution in [0.5, 0.6) is 23.0 Å². The van der Waals surface area contributed by atoms with Crippen LogP contribution in [0.25, 0.3) is 0 Å². The summed E-state index contributed by atoms with van der Waals surface area (Å²) in [4.78, 5) is 19.5. The van der Waals surface area contributed by atoms with Crippen molar-refractivity contribution in [2.45, 2.75) is 35.7 Å². The number of hydrogen-bond donors (Lipinski definition) is 6.